The van der Waals surface area contributed by atoms with E-state index in [2.05, 4.69) is 0 Å². The number of hydrogen-bond donors (Lipinski definition) is 1. The van der Waals surface area contributed by atoms with Gasteiger partial charge in [-0.05, 0) is 31.2 Å². The Balaban J connectivity index is 2.03. The quantitative estimate of drug-likeness (QED) is 0.857. The summed E-state index contributed by atoms with van der Waals surface area (Å²) < 4.78 is 8.77. The average Bonchev–Trinajstić information content (AvgIpc) is 2.48. The highest BCUT2D eigenvalue weighted by Gasteiger charge is 2.32. The summed E-state index contributed by atoms with van der Waals surface area (Å²) in [6, 6.07) is 6.46. The van der Waals surface area contributed by atoms with E-state index in [1.807, 2.05) is 0 Å². The lowest BCUT2D eigenvalue weighted by molar-refractivity contribution is 0.0302. The van der Waals surface area contributed by atoms with Crippen LogP contribution in [0.4, 0.5) is 0 Å². The molecule has 1 unspecified atom stereocenters. The van der Waals surface area contributed by atoms with Gasteiger partial charge in [0.1, 0.15) is 11.9 Å². The molecule has 1 saturated heterocycles. The van der Waals surface area contributed by atoms with Crippen molar-refractivity contribution in [3.63, 3.8) is 0 Å². The molecule has 0 bridgehead atoms. The molecular weight excluding hydrogens is 317 g/mol. The molecule has 21 heavy (non-hydrogen) atoms. The fourth-order valence-corrected chi connectivity index (χ4v) is 2.04. The molecule has 0 aliphatic carbocycles. The Labute approximate surface area is 133 Å². The van der Waals surface area contributed by atoms with Crippen molar-refractivity contribution in [2.45, 2.75) is 17.5 Å². The number of carbonyl (C=O) groups excluding carboxylic acids is 1. The zero-order valence-electron chi connectivity index (χ0n) is 11.6. The Hall–Kier alpha value is -1.01. The van der Waals surface area contributed by atoms with Crippen molar-refractivity contribution >= 4 is 29.1 Å². The third-order valence-electron chi connectivity index (χ3n) is 3.14. The Bertz CT molecular complexity index is 484. The molecule has 7 heteroatoms. The number of aliphatic hydroxyl groups is 1. The minimum atomic E-state index is -1.73. The lowest BCUT2D eigenvalue weighted by atomic mass is 10.2. The van der Waals surface area contributed by atoms with Crippen LogP contribution in [0, 0.1) is 0 Å². The number of alkyl halides is 2. The molecule has 1 aliphatic heterocycles. The van der Waals surface area contributed by atoms with E-state index >= 15 is 0 Å². The predicted molar refractivity (Wildman–Crippen MR) is 79.9 cm³/mol. The minimum Gasteiger partial charge on any atom is -0.455 e. The minimum absolute atomic E-state index is 0.0524. The van der Waals surface area contributed by atoms with Crippen LogP contribution in [0.15, 0.2) is 24.3 Å². The molecule has 1 heterocycles. The van der Waals surface area contributed by atoms with E-state index in [4.69, 9.17) is 32.7 Å². The van der Waals surface area contributed by atoms with Gasteiger partial charge in [-0.2, -0.15) is 0 Å². The Morgan fingerprint density at radius 1 is 1.33 bits per heavy atom. The molecule has 1 fully saturated rings. The standard InChI is InChI=1S/C14H17Cl2NO4/c1-10(18)14(15,16)21-12-4-2-11(3-5-12)13(19)17-6-8-20-9-7-17/h2-5,10,18H,6-9H2,1H3. The van der Waals surface area contributed by atoms with Crippen LogP contribution in [-0.2, 0) is 4.74 Å². The summed E-state index contributed by atoms with van der Waals surface area (Å²) in [5.74, 6) is 0.322. The molecule has 1 aromatic carbocycles. The van der Waals surface area contributed by atoms with Crippen LogP contribution in [-0.4, -0.2) is 52.8 Å². The van der Waals surface area contributed by atoms with Crippen LogP contribution in [0.2, 0.25) is 0 Å². The van der Waals surface area contributed by atoms with Gasteiger partial charge in [0.15, 0.2) is 0 Å². The third kappa shape index (κ3) is 4.23. The molecule has 1 aliphatic rings. The summed E-state index contributed by atoms with van der Waals surface area (Å²) in [5, 5.41) is 9.39. The van der Waals surface area contributed by atoms with Crippen molar-refractivity contribution in [1.82, 2.24) is 4.90 Å². The molecule has 0 saturated carbocycles. The fraction of sp³-hybridized carbons (Fsp3) is 0.500. The van der Waals surface area contributed by atoms with Crippen LogP contribution < -0.4 is 4.74 Å². The van der Waals surface area contributed by atoms with E-state index in [1.54, 1.807) is 29.2 Å². The molecule has 0 spiro atoms. The molecule has 5 nitrogen and oxygen atoms in total. The highest BCUT2D eigenvalue weighted by atomic mass is 35.5. The molecule has 1 amide bonds. The number of nitrogens with zero attached hydrogens (tertiary/aromatic N) is 1. The predicted octanol–water partition coefficient (Wildman–Crippen LogP) is 2.05. The average molecular weight is 334 g/mol. The van der Waals surface area contributed by atoms with Gasteiger partial charge in [-0.15, -0.1) is 0 Å². The topological polar surface area (TPSA) is 59.0 Å². The summed E-state index contributed by atoms with van der Waals surface area (Å²) in [7, 11) is 0. The number of amides is 1. The molecule has 0 radical (unpaired) electrons. The van der Waals surface area contributed by atoms with E-state index in [0.717, 1.165) is 0 Å². The van der Waals surface area contributed by atoms with Gasteiger partial charge in [-0.1, -0.05) is 23.2 Å². The lowest BCUT2D eigenvalue weighted by Gasteiger charge is -2.27. The van der Waals surface area contributed by atoms with Gasteiger partial charge in [-0.25, -0.2) is 0 Å². The zero-order chi connectivity index (χ0) is 15.5. The summed E-state index contributed by atoms with van der Waals surface area (Å²) in [6.07, 6.45) is -1.06. The first kappa shape index (κ1) is 16.4. The van der Waals surface area contributed by atoms with E-state index in [-0.39, 0.29) is 5.91 Å². The lowest BCUT2D eigenvalue weighted by Crippen LogP contribution is -2.40. The molecule has 116 valence electrons. The first-order valence-electron chi connectivity index (χ1n) is 6.62. The first-order chi connectivity index (χ1) is 9.90. The van der Waals surface area contributed by atoms with Crippen LogP contribution in [0.3, 0.4) is 0 Å². The molecule has 0 aromatic heterocycles. The Kier molecular flexibility index (Phi) is 5.32. The van der Waals surface area contributed by atoms with E-state index in [9.17, 15) is 9.90 Å². The zero-order valence-corrected chi connectivity index (χ0v) is 13.1. The highest BCUT2D eigenvalue weighted by molar-refractivity contribution is 6.47. The van der Waals surface area contributed by atoms with E-state index in [1.165, 1.54) is 6.92 Å². The van der Waals surface area contributed by atoms with Gasteiger partial charge >= 0.3 is 0 Å². The maximum absolute atomic E-state index is 12.2. The second kappa shape index (κ2) is 6.83. The monoisotopic (exact) mass is 333 g/mol. The SMILES string of the molecule is CC(O)C(Cl)(Cl)Oc1ccc(C(=O)N2CCOCC2)cc1. The van der Waals surface area contributed by atoms with Crippen molar-refractivity contribution < 1.29 is 19.4 Å². The number of aliphatic hydroxyl groups excluding tert-OH is 1. The highest BCUT2D eigenvalue weighted by Crippen LogP contribution is 2.29. The van der Waals surface area contributed by atoms with Crippen molar-refractivity contribution in [1.29, 1.82) is 0 Å². The van der Waals surface area contributed by atoms with Gasteiger partial charge in [0.2, 0.25) is 0 Å². The number of morpholine rings is 1. The molecule has 1 atom stereocenters. The maximum Gasteiger partial charge on any atom is 0.283 e. The molecule has 2 rings (SSSR count). The number of carbonyl (C=O) groups is 1. The smallest absolute Gasteiger partial charge is 0.283 e. The van der Waals surface area contributed by atoms with Crippen LogP contribution in [0.5, 0.6) is 5.75 Å². The number of ether oxygens (including phenoxy) is 2. The van der Waals surface area contributed by atoms with Crippen molar-refractivity contribution in [3.05, 3.63) is 29.8 Å². The normalized spacial score (nSPS) is 17.4. The van der Waals surface area contributed by atoms with E-state index in [0.29, 0.717) is 37.6 Å². The Morgan fingerprint density at radius 2 is 1.90 bits per heavy atom. The van der Waals surface area contributed by atoms with Gasteiger partial charge in [-0.3, -0.25) is 4.79 Å². The van der Waals surface area contributed by atoms with Crippen LogP contribution in [0.25, 0.3) is 0 Å². The van der Waals surface area contributed by atoms with Gasteiger partial charge in [0.25, 0.3) is 10.4 Å². The number of hydrogen-bond acceptors (Lipinski definition) is 4. The molecular formula is C14H17Cl2NO4. The van der Waals surface area contributed by atoms with Crippen molar-refractivity contribution in [2.24, 2.45) is 0 Å². The summed E-state index contributed by atoms with van der Waals surface area (Å²) in [4.78, 5) is 14.0. The second-order valence-electron chi connectivity index (χ2n) is 4.77. The molecule has 1 N–H and O–H groups in total. The Morgan fingerprint density at radius 3 is 2.43 bits per heavy atom. The maximum atomic E-state index is 12.2. The molecule has 1 aromatic rings. The number of benzene rings is 1. The van der Waals surface area contributed by atoms with Gasteiger partial charge < -0.3 is 19.5 Å². The van der Waals surface area contributed by atoms with Crippen molar-refractivity contribution in [2.75, 3.05) is 26.3 Å². The van der Waals surface area contributed by atoms with Crippen molar-refractivity contribution in [3.8, 4) is 5.75 Å². The summed E-state index contributed by atoms with van der Waals surface area (Å²) in [5.41, 5.74) is 0.552. The van der Waals surface area contributed by atoms with Gasteiger partial charge in [0, 0.05) is 18.7 Å². The first-order valence-corrected chi connectivity index (χ1v) is 7.38. The van der Waals surface area contributed by atoms with Gasteiger partial charge in [0.05, 0.1) is 13.2 Å². The van der Waals surface area contributed by atoms with Crippen LogP contribution in [0.1, 0.15) is 17.3 Å². The largest absolute Gasteiger partial charge is 0.455 e. The van der Waals surface area contributed by atoms with Crippen LogP contribution >= 0.6 is 23.2 Å². The third-order valence-corrected chi connectivity index (χ3v) is 3.93. The second-order valence-corrected chi connectivity index (χ2v) is 6.09. The summed E-state index contributed by atoms with van der Waals surface area (Å²) >= 11 is 11.7. The number of halogens is 2. The fourth-order valence-electron chi connectivity index (χ4n) is 1.86. The summed E-state index contributed by atoms with van der Waals surface area (Å²) in [6.45, 7) is 3.72. The van der Waals surface area contributed by atoms with E-state index < -0.39 is 10.6 Å². The number of rotatable bonds is 4.